The zero-order chi connectivity index (χ0) is 26.5. The smallest absolute Gasteiger partial charge is 0.0116 e. The summed E-state index contributed by atoms with van der Waals surface area (Å²) in [6, 6.07) is 5.11. The molecule has 0 aromatic heterocycles. The standard InChI is InChI=1S/C36H64N2/c1-5-11-30-15-9-19-34(25-30)38(33-18-8-14-29(4)24-33)36-21-10-20-35(26-36)37(31-16-6-12-27(2)22-31)32-17-7-13-28(3)23-32/h5,11,27-36H,6-10,12-26H2,1-4H3. The second kappa shape index (κ2) is 14.0. The number of allylic oxidation sites excluding steroid dienone is 2. The summed E-state index contributed by atoms with van der Waals surface area (Å²) < 4.78 is 0. The van der Waals surface area contributed by atoms with Gasteiger partial charge in [-0.1, -0.05) is 84.3 Å². The summed E-state index contributed by atoms with van der Waals surface area (Å²) in [6.45, 7) is 9.89. The Hall–Kier alpha value is -0.340. The maximum absolute atomic E-state index is 3.24. The molecule has 0 radical (unpaired) electrons. The van der Waals surface area contributed by atoms with Crippen LogP contribution in [0, 0.1) is 23.7 Å². The van der Waals surface area contributed by atoms with Crippen molar-refractivity contribution in [2.75, 3.05) is 0 Å². The summed E-state index contributed by atoms with van der Waals surface area (Å²) in [5.74, 6) is 3.62. The molecule has 0 aromatic rings. The van der Waals surface area contributed by atoms with Crippen molar-refractivity contribution in [1.29, 1.82) is 0 Å². The van der Waals surface area contributed by atoms with Crippen molar-refractivity contribution in [2.24, 2.45) is 23.7 Å². The van der Waals surface area contributed by atoms with Crippen LogP contribution < -0.4 is 0 Å². The molecule has 0 spiro atoms. The van der Waals surface area contributed by atoms with Gasteiger partial charge in [0.15, 0.2) is 0 Å². The van der Waals surface area contributed by atoms with Crippen molar-refractivity contribution in [1.82, 2.24) is 9.80 Å². The van der Waals surface area contributed by atoms with Gasteiger partial charge in [0.25, 0.3) is 0 Å². The fourth-order valence-corrected chi connectivity index (χ4v) is 10.4. The lowest BCUT2D eigenvalue weighted by molar-refractivity contribution is -0.0380. The zero-order valence-corrected chi connectivity index (χ0v) is 26.0. The van der Waals surface area contributed by atoms with Gasteiger partial charge in [0.05, 0.1) is 0 Å². The average Bonchev–Trinajstić information content (AvgIpc) is 2.90. The number of nitrogens with zero attached hydrogens (tertiary/aromatic N) is 2. The van der Waals surface area contributed by atoms with Gasteiger partial charge in [-0.2, -0.15) is 0 Å². The first kappa shape index (κ1) is 29.2. The highest BCUT2D eigenvalue weighted by atomic mass is 15.3. The molecule has 0 bridgehead atoms. The fraction of sp³-hybridized carbons (Fsp3) is 0.944. The van der Waals surface area contributed by atoms with Crippen LogP contribution >= 0.6 is 0 Å². The molecule has 38 heavy (non-hydrogen) atoms. The predicted octanol–water partition coefficient (Wildman–Crippen LogP) is 9.77. The first-order valence-corrected chi connectivity index (χ1v) is 17.7. The Balaban J connectivity index is 1.37. The lowest BCUT2D eigenvalue weighted by atomic mass is 9.76. The van der Waals surface area contributed by atoms with Crippen molar-refractivity contribution in [3.8, 4) is 0 Å². The molecule has 5 saturated carbocycles. The zero-order valence-electron chi connectivity index (χ0n) is 26.0. The molecule has 0 heterocycles. The van der Waals surface area contributed by atoms with Crippen molar-refractivity contribution < 1.29 is 0 Å². The SMILES string of the molecule is CC=CC1CCCC(N(C2CCCC(C)C2)C2CCCC(N(C3CCCC(C)C3)C3CCCC(C)C3)C2)C1. The maximum atomic E-state index is 3.24. The van der Waals surface area contributed by atoms with Gasteiger partial charge in [0.1, 0.15) is 0 Å². The molecule has 0 aliphatic heterocycles. The van der Waals surface area contributed by atoms with E-state index in [-0.39, 0.29) is 0 Å². The third kappa shape index (κ3) is 7.29. The highest BCUT2D eigenvalue weighted by molar-refractivity contribution is 4.99. The van der Waals surface area contributed by atoms with Gasteiger partial charge in [-0.05, 0) is 108 Å². The van der Waals surface area contributed by atoms with Gasteiger partial charge in [-0.25, -0.2) is 0 Å². The minimum Gasteiger partial charge on any atom is -0.294 e. The molecule has 0 N–H and O–H groups in total. The van der Waals surface area contributed by atoms with Crippen molar-refractivity contribution in [3.05, 3.63) is 12.2 Å². The van der Waals surface area contributed by atoms with E-state index in [9.17, 15) is 0 Å². The first-order chi connectivity index (χ1) is 18.5. The highest BCUT2D eigenvalue weighted by Gasteiger charge is 2.42. The van der Waals surface area contributed by atoms with Crippen LogP contribution in [0.15, 0.2) is 12.2 Å². The molecule has 2 heteroatoms. The van der Waals surface area contributed by atoms with Crippen molar-refractivity contribution in [2.45, 2.75) is 192 Å². The number of hydrogen-bond acceptors (Lipinski definition) is 2. The van der Waals surface area contributed by atoms with E-state index in [1.807, 2.05) is 0 Å². The Morgan fingerprint density at radius 3 is 1.16 bits per heavy atom. The normalized spacial score (nSPS) is 43.6. The Morgan fingerprint density at radius 1 is 0.421 bits per heavy atom. The maximum Gasteiger partial charge on any atom is 0.0116 e. The first-order valence-electron chi connectivity index (χ1n) is 17.7. The minimum absolute atomic E-state index is 0.825. The molecule has 2 nitrogen and oxygen atoms in total. The Morgan fingerprint density at radius 2 is 0.763 bits per heavy atom. The molecular weight excluding hydrogens is 460 g/mol. The van der Waals surface area contributed by atoms with E-state index in [4.69, 9.17) is 0 Å². The van der Waals surface area contributed by atoms with Gasteiger partial charge < -0.3 is 0 Å². The molecular formula is C36H64N2. The monoisotopic (exact) mass is 525 g/mol. The van der Waals surface area contributed by atoms with E-state index in [1.165, 1.54) is 128 Å². The largest absolute Gasteiger partial charge is 0.294 e. The van der Waals surface area contributed by atoms with Crippen molar-refractivity contribution in [3.63, 3.8) is 0 Å². The predicted molar refractivity (Wildman–Crippen MR) is 165 cm³/mol. The van der Waals surface area contributed by atoms with Gasteiger partial charge in [-0.3, -0.25) is 9.80 Å². The number of rotatable bonds is 7. The second-order valence-corrected chi connectivity index (χ2v) is 15.3. The van der Waals surface area contributed by atoms with E-state index in [0.717, 1.165) is 59.9 Å². The third-order valence-electron chi connectivity index (χ3n) is 12.0. The van der Waals surface area contributed by atoms with E-state index in [0.29, 0.717) is 0 Å². The van der Waals surface area contributed by atoms with E-state index >= 15 is 0 Å². The lowest BCUT2D eigenvalue weighted by Crippen LogP contribution is -2.58. The van der Waals surface area contributed by atoms with E-state index in [1.54, 1.807) is 0 Å². The van der Waals surface area contributed by atoms with Gasteiger partial charge in [-0.15, -0.1) is 0 Å². The molecule has 5 rings (SSSR count). The van der Waals surface area contributed by atoms with E-state index in [2.05, 4.69) is 49.6 Å². The fourth-order valence-electron chi connectivity index (χ4n) is 10.4. The molecule has 0 amide bonds. The third-order valence-corrected chi connectivity index (χ3v) is 12.0. The molecule has 0 aromatic carbocycles. The van der Waals surface area contributed by atoms with Gasteiger partial charge in [0.2, 0.25) is 0 Å². The van der Waals surface area contributed by atoms with Crippen LogP contribution in [-0.2, 0) is 0 Å². The van der Waals surface area contributed by atoms with Crippen LogP contribution in [0.3, 0.4) is 0 Å². The van der Waals surface area contributed by atoms with E-state index < -0.39 is 0 Å². The molecule has 0 saturated heterocycles. The molecule has 10 atom stereocenters. The lowest BCUT2D eigenvalue weighted by Gasteiger charge is -2.54. The van der Waals surface area contributed by atoms with Crippen LogP contribution in [0.4, 0.5) is 0 Å². The van der Waals surface area contributed by atoms with Gasteiger partial charge >= 0.3 is 0 Å². The summed E-state index contributed by atoms with van der Waals surface area (Å²) >= 11 is 0. The average molecular weight is 525 g/mol. The van der Waals surface area contributed by atoms with Crippen LogP contribution in [0.25, 0.3) is 0 Å². The Bertz CT molecular complexity index is 709. The molecule has 5 aliphatic carbocycles. The molecule has 5 aliphatic rings. The summed E-state index contributed by atoms with van der Waals surface area (Å²) in [6.07, 6.45) is 34.2. The Kier molecular flexibility index (Phi) is 10.8. The quantitative estimate of drug-likeness (QED) is 0.306. The van der Waals surface area contributed by atoms with Crippen LogP contribution in [0.1, 0.15) is 156 Å². The Labute approximate surface area is 237 Å². The minimum atomic E-state index is 0.825. The topological polar surface area (TPSA) is 6.48 Å². The van der Waals surface area contributed by atoms with Crippen LogP contribution in [0.2, 0.25) is 0 Å². The summed E-state index contributed by atoms with van der Waals surface area (Å²) in [5.41, 5.74) is 0. The van der Waals surface area contributed by atoms with Crippen LogP contribution in [-0.4, -0.2) is 46.1 Å². The molecule has 10 unspecified atom stereocenters. The number of hydrogen-bond donors (Lipinski definition) is 0. The molecule has 5 fully saturated rings. The van der Waals surface area contributed by atoms with Crippen LogP contribution in [0.5, 0.6) is 0 Å². The molecule has 218 valence electrons. The summed E-state index contributed by atoms with van der Waals surface area (Å²) in [7, 11) is 0. The highest BCUT2D eigenvalue weighted by Crippen LogP contribution is 2.42. The van der Waals surface area contributed by atoms with Crippen molar-refractivity contribution >= 4 is 0 Å². The second-order valence-electron chi connectivity index (χ2n) is 15.3. The summed E-state index contributed by atoms with van der Waals surface area (Å²) in [5, 5.41) is 0. The van der Waals surface area contributed by atoms with Gasteiger partial charge in [0, 0.05) is 36.3 Å². The summed E-state index contributed by atoms with van der Waals surface area (Å²) in [4.78, 5) is 6.48.